The van der Waals surface area contributed by atoms with E-state index in [-0.39, 0.29) is 5.41 Å². The van der Waals surface area contributed by atoms with E-state index in [1.54, 1.807) is 0 Å². The van der Waals surface area contributed by atoms with Gasteiger partial charge in [-0.25, -0.2) is 0 Å². The molecule has 0 amide bonds. The number of para-hydroxylation sites is 1. The summed E-state index contributed by atoms with van der Waals surface area (Å²) in [6.45, 7) is 4.75. The zero-order valence-corrected chi connectivity index (χ0v) is 27.4. The fraction of sp³-hybridized carbons (Fsp3) is 0.0638. The summed E-state index contributed by atoms with van der Waals surface area (Å²) in [6.07, 6.45) is 0. The zero-order chi connectivity index (χ0) is 32.7. The molecule has 9 aromatic rings. The fourth-order valence-electron chi connectivity index (χ4n) is 8.37. The van der Waals surface area contributed by atoms with Crippen molar-refractivity contribution < 1.29 is 4.42 Å². The summed E-state index contributed by atoms with van der Waals surface area (Å²) in [5.74, 6) is 0. The summed E-state index contributed by atoms with van der Waals surface area (Å²) < 4.78 is 6.76. The monoisotopic (exact) mass is 627 g/mol. The predicted molar refractivity (Wildman–Crippen MR) is 206 cm³/mol. The second-order valence-electron chi connectivity index (χ2n) is 13.7. The summed E-state index contributed by atoms with van der Waals surface area (Å²) in [5, 5.41) is 7.35. The minimum absolute atomic E-state index is 0.255. The number of anilines is 3. The molecule has 0 unspecified atom stereocenters. The van der Waals surface area contributed by atoms with Crippen LogP contribution in [0.2, 0.25) is 0 Å². The topological polar surface area (TPSA) is 16.4 Å². The van der Waals surface area contributed by atoms with Gasteiger partial charge >= 0.3 is 0 Å². The van der Waals surface area contributed by atoms with E-state index in [9.17, 15) is 0 Å². The molecule has 0 bridgehead atoms. The van der Waals surface area contributed by atoms with E-state index in [0.29, 0.717) is 0 Å². The highest BCUT2D eigenvalue weighted by molar-refractivity contribution is 6.25. The molecule has 2 heteroatoms. The van der Waals surface area contributed by atoms with Gasteiger partial charge in [0.25, 0.3) is 0 Å². The van der Waals surface area contributed by atoms with Crippen LogP contribution in [-0.4, -0.2) is 0 Å². The summed E-state index contributed by atoms with van der Waals surface area (Å²) in [5.41, 5.74) is 12.6. The number of hydrogen-bond donors (Lipinski definition) is 0. The number of hydrogen-bond acceptors (Lipinski definition) is 2. The summed E-state index contributed by atoms with van der Waals surface area (Å²) in [4.78, 5) is 2.42. The highest BCUT2D eigenvalue weighted by Gasteiger charge is 2.40. The molecule has 0 radical (unpaired) electrons. The molecular formula is C47H33NO. The van der Waals surface area contributed by atoms with Gasteiger partial charge in [-0.05, 0) is 80.4 Å². The van der Waals surface area contributed by atoms with Crippen molar-refractivity contribution in [1.29, 1.82) is 0 Å². The maximum absolute atomic E-state index is 6.76. The first-order valence-corrected chi connectivity index (χ1v) is 17.0. The minimum Gasteiger partial charge on any atom is -0.455 e. The molecule has 2 nitrogen and oxygen atoms in total. The van der Waals surface area contributed by atoms with E-state index in [0.717, 1.165) is 28.2 Å². The van der Waals surface area contributed by atoms with Crippen molar-refractivity contribution in [3.05, 3.63) is 175 Å². The van der Waals surface area contributed by atoms with Gasteiger partial charge in [0.15, 0.2) is 0 Å². The molecule has 1 heterocycles. The SMILES string of the molecule is CC1(C)c2cc(N(c3ccc(-c4ccccc4)cc3)c3cccc4ccccc34)ccc2-c2c1c1ccccc1c1c2oc2ccccc21. The van der Waals surface area contributed by atoms with Crippen LogP contribution >= 0.6 is 0 Å². The summed E-state index contributed by atoms with van der Waals surface area (Å²) in [7, 11) is 0. The first-order chi connectivity index (χ1) is 24.1. The average Bonchev–Trinajstić information content (AvgIpc) is 3.65. The van der Waals surface area contributed by atoms with Crippen molar-refractivity contribution >= 4 is 60.5 Å². The number of fused-ring (bicyclic) bond motifs is 11. The molecule has 0 aliphatic heterocycles. The first-order valence-electron chi connectivity index (χ1n) is 17.0. The Bertz CT molecular complexity index is 2730. The fourth-order valence-corrected chi connectivity index (χ4v) is 8.37. The van der Waals surface area contributed by atoms with Gasteiger partial charge in [0.2, 0.25) is 0 Å². The van der Waals surface area contributed by atoms with E-state index in [4.69, 9.17) is 4.42 Å². The lowest BCUT2D eigenvalue weighted by Gasteiger charge is -2.29. The molecule has 1 aromatic heterocycles. The van der Waals surface area contributed by atoms with Gasteiger partial charge < -0.3 is 9.32 Å². The van der Waals surface area contributed by atoms with Crippen molar-refractivity contribution in [1.82, 2.24) is 0 Å². The largest absolute Gasteiger partial charge is 0.455 e. The molecule has 0 N–H and O–H groups in total. The Morgan fingerprint density at radius 2 is 1.14 bits per heavy atom. The summed E-state index contributed by atoms with van der Waals surface area (Å²) >= 11 is 0. The number of nitrogens with zero attached hydrogens (tertiary/aromatic N) is 1. The van der Waals surface area contributed by atoms with Gasteiger partial charge in [0, 0.05) is 38.5 Å². The molecule has 0 saturated carbocycles. The van der Waals surface area contributed by atoms with Gasteiger partial charge in [0.05, 0.1) is 5.69 Å². The lowest BCUT2D eigenvalue weighted by atomic mass is 9.79. The minimum atomic E-state index is -0.255. The molecule has 0 saturated heterocycles. The standard InChI is InChI=1S/C47H33NO/c1-47(2)40-29-34(27-28-38(40)44-45(47)37-19-9-8-18-36(37)43-39-20-10-11-22-42(39)49-46(43)44)48(41-21-12-16-32-15-6-7-17-35(32)41)33-25-23-31(24-26-33)30-13-4-3-5-14-30/h3-29H,1-2H3. The van der Waals surface area contributed by atoms with Crippen LogP contribution in [-0.2, 0) is 5.41 Å². The van der Waals surface area contributed by atoms with E-state index < -0.39 is 0 Å². The number of furan rings is 1. The predicted octanol–water partition coefficient (Wildman–Crippen LogP) is 13.3. The molecule has 1 aliphatic carbocycles. The van der Waals surface area contributed by atoms with E-state index in [1.165, 1.54) is 65.7 Å². The first kappa shape index (κ1) is 27.9. The highest BCUT2D eigenvalue weighted by Crippen LogP contribution is 2.57. The molecule has 0 atom stereocenters. The second kappa shape index (κ2) is 10.4. The van der Waals surface area contributed by atoms with Crippen molar-refractivity contribution in [2.75, 3.05) is 4.90 Å². The van der Waals surface area contributed by atoms with E-state index >= 15 is 0 Å². The Morgan fingerprint density at radius 1 is 0.510 bits per heavy atom. The van der Waals surface area contributed by atoms with Gasteiger partial charge in [0.1, 0.15) is 11.2 Å². The Morgan fingerprint density at radius 3 is 1.96 bits per heavy atom. The van der Waals surface area contributed by atoms with Crippen LogP contribution < -0.4 is 4.90 Å². The van der Waals surface area contributed by atoms with Crippen LogP contribution in [0, 0.1) is 0 Å². The molecule has 0 spiro atoms. The van der Waals surface area contributed by atoms with Crippen molar-refractivity contribution in [3.8, 4) is 22.3 Å². The second-order valence-corrected chi connectivity index (χ2v) is 13.7. The van der Waals surface area contributed by atoms with Gasteiger partial charge in [-0.15, -0.1) is 0 Å². The Kier molecular flexibility index (Phi) is 5.95. The van der Waals surface area contributed by atoms with Crippen molar-refractivity contribution in [3.63, 3.8) is 0 Å². The number of rotatable bonds is 4. The lowest BCUT2D eigenvalue weighted by molar-refractivity contribution is 0.658. The van der Waals surface area contributed by atoms with Crippen LogP contribution in [0.15, 0.2) is 168 Å². The van der Waals surface area contributed by atoms with E-state index in [1.807, 2.05) is 0 Å². The molecule has 49 heavy (non-hydrogen) atoms. The molecule has 1 aliphatic rings. The third-order valence-corrected chi connectivity index (χ3v) is 10.6. The molecular weight excluding hydrogens is 595 g/mol. The van der Waals surface area contributed by atoms with Crippen molar-refractivity contribution in [2.24, 2.45) is 0 Å². The highest BCUT2D eigenvalue weighted by atomic mass is 16.3. The lowest BCUT2D eigenvalue weighted by Crippen LogP contribution is -2.17. The third kappa shape index (κ3) is 4.07. The van der Waals surface area contributed by atoms with Gasteiger partial charge in [-0.1, -0.05) is 141 Å². The maximum atomic E-state index is 6.76. The van der Waals surface area contributed by atoms with Gasteiger partial charge in [-0.2, -0.15) is 0 Å². The molecule has 8 aromatic carbocycles. The van der Waals surface area contributed by atoms with Crippen LogP contribution in [0.3, 0.4) is 0 Å². The van der Waals surface area contributed by atoms with Crippen LogP contribution in [0.1, 0.15) is 25.0 Å². The molecule has 10 rings (SSSR count). The molecule has 232 valence electrons. The van der Waals surface area contributed by atoms with Crippen LogP contribution in [0.25, 0.3) is 65.7 Å². The summed E-state index contributed by atoms with van der Waals surface area (Å²) in [6, 6.07) is 59.2. The zero-order valence-electron chi connectivity index (χ0n) is 27.4. The number of benzene rings is 8. The Labute approximate surface area is 285 Å². The van der Waals surface area contributed by atoms with Crippen molar-refractivity contribution in [2.45, 2.75) is 19.3 Å². The van der Waals surface area contributed by atoms with Crippen LogP contribution in [0.5, 0.6) is 0 Å². The van der Waals surface area contributed by atoms with Crippen LogP contribution in [0.4, 0.5) is 17.1 Å². The average molecular weight is 628 g/mol. The Hall–Kier alpha value is -6.12. The third-order valence-electron chi connectivity index (χ3n) is 10.6. The smallest absolute Gasteiger partial charge is 0.144 e. The van der Waals surface area contributed by atoms with Gasteiger partial charge in [-0.3, -0.25) is 0 Å². The Balaban J connectivity index is 1.22. The maximum Gasteiger partial charge on any atom is 0.144 e. The quantitative estimate of drug-likeness (QED) is 0.193. The normalized spacial score (nSPS) is 13.3. The van der Waals surface area contributed by atoms with E-state index in [2.05, 4.69) is 183 Å². The molecule has 0 fully saturated rings.